The van der Waals surface area contributed by atoms with Crippen LogP contribution in [0, 0.1) is 13.8 Å². The topological polar surface area (TPSA) is 110 Å². The zero-order valence-corrected chi connectivity index (χ0v) is 27.1. The maximum absolute atomic E-state index is 14.2. The van der Waals surface area contributed by atoms with Crippen molar-refractivity contribution in [2.24, 2.45) is 4.99 Å². The lowest BCUT2D eigenvalue weighted by molar-refractivity contribution is -0.139. The van der Waals surface area contributed by atoms with Gasteiger partial charge in [-0.3, -0.25) is 9.36 Å². The smallest absolute Gasteiger partial charge is 0.338 e. The summed E-state index contributed by atoms with van der Waals surface area (Å²) in [5.41, 5.74) is 5.06. The summed E-state index contributed by atoms with van der Waals surface area (Å²) in [6.07, 6.45) is 1.85. The number of carbonyl (C=O) groups is 2. The van der Waals surface area contributed by atoms with Gasteiger partial charge in [0.05, 0.1) is 48.8 Å². The van der Waals surface area contributed by atoms with E-state index in [-0.39, 0.29) is 23.7 Å². The van der Waals surface area contributed by atoms with Gasteiger partial charge in [0.1, 0.15) is 17.5 Å². The highest BCUT2D eigenvalue weighted by Crippen LogP contribution is 2.38. The molecule has 2 aromatic heterocycles. The third-order valence-corrected chi connectivity index (χ3v) is 8.62. The molecule has 2 aromatic carbocycles. The van der Waals surface area contributed by atoms with Crippen LogP contribution in [0.15, 0.2) is 69.6 Å². The fourth-order valence-electron chi connectivity index (χ4n) is 5.57. The molecule has 0 amide bonds. The molecule has 11 heteroatoms. The number of fused-ring (bicyclic) bond motifs is 1. The standard InChI is InChI=1S/C34H35N3O7S/c1-8-43-32(39)22-10-12-24(13-11-22)36-19(3)16-23(21(36)5)17-28-31(38)37-30(26-18-25(41-6)14-15-27(26)42-7)29(33(40)44-9-2)20(4)35-34(37)45-28/h10-18,30H,8-9H2,1-7H3. The minimum absolute atomic E-state index is 0.170. The molecule has 234 valence electrons. The first kappa shape index (κ1) is 31.5. The van der Waals surface area contributed by atoms with Crippen LogP contribution >= 0.6 is 11.3 Å². The molecule has 1 aliphatic heterocycles. The lowest BCUT2D eigenvalue weighted by atomic mass is 9.94. The van der Waals surface area contributed by atoms with E-state index in [0.717, 1.165) is 22.6 Å². The number of carbonyl (C=O) groups excluding carboxylic acids is 2. The Morgan fingerprint density at radius 3 is 2.27 bits per heavy atom. The number of ether oxygens (including phenoxy) is 4. The van der Waals surface area contributed by atoms with Crippen molar-refractivity contribution in [1.29, 1.82) is 0 Å². The van der Waals surface area contributed by atoms with Crippen molar-refractivity contribution in [3.8, 4) is 17.2 Å². The molecule has 10 nitrogen and oxygen atoms in total. The van der Waals surface area contributed by atoms with E-state index in [1.807, 2.05) is 38.1 Å². The van der Waals surface area contributed by atoms with Crippen molar-refractivity contribution >= 4 is 29.4 Å². The van der Waals surface area contributed by atoms with E-state index in [2.05, 4.69) is 9.56 Å². The summed E-state index contributed by atoms with van der Waals surface area (Å²) in [6, 6.07) is 13.6. The summed E-state index contributed by atoms with van der Waals surface area (Å²) in [5, 5.41) is 0. The van der Waals surface area contributed by atoms with Gasteiger partial charge < -0.3 is 23.5 Å². The second kappa shape index (κ2) is 13.0. The Morgan fingerprint density at radius 1 is 0.933 bits per heavy atom. The molecule has 1 aliphatic rings. The van der Waals surface area contributed by atoms with Crippen LogP contribution in [0.4, 0.5) is 0 Å². The van der Waals surface area contributed by atoms with Crippen LogP contribution in [0.2, 0.25) is 0 Å². The fourth-order valence-corrected chi connectivity index (χ4v) is 6.61. The summed E-state index contributed by atoms with van der Waals surface area (Å²) in [6.45, 7) is 9.68. The van der Waals surface area contributed by atoms with Crippen LogP contribution in [-0.4, -0.2) is 48.5 Å². The first-order chi connectivity index (χ1) is 21.6. The molecule has 0 saturated heterocycles. The van der Waals surface area contributed by atoms with Gasteiger partial charge >= 0.3 is 11.9 Å². The first-order valence-electron chi connectivity index (χ1n) is 14.5. The van der Waals surface area contributed by atoms with E-state index >= 15 is 0 Å². The van der Waals surface area contributed by atoms with Crippen LogP contribution < -0.4 is 24.4 Å². The largest absolute Gasteiger partial charge is 0.497 e. The summed E-state index contributed by atoms with van der Waals surface area (Å²) in [7, 11) is 3.09. The summed E-state index contributed by atoms with van der Waals surface area (Å²) in [5.74, 6) is 0.116. The van der Waals surface area contributed by atoms with E-state index in [0.29, 0.717) is 44.3 Å². The van der Waals surface area contributed by atoms with Crippen LogP contribution in [-0.2, 0) is 14.3 Å². The highest BCUT2D eigenvalue weighted by atomic mass is 32.1. The van der Waals surface area contributed by atoms with E-state index in [1.54, 1.807) is 58.2 Å². The Balaban J connectivity index is 1.66. The number of hydrogen-bond acceptors (Lipinski definition) is 9. The van der Waals surface area contributed by atoms with Crippen LogP contribution in [0.3, 0.4) is 0 Å². The van der Waals surface area contributed by atoms with Crippen LogP contribution in [0.1, 0.15) is 59.7 Å². The second-order valence-corrected chi connectivity index (χ2v) is 11.3. The van der Waals surface area contributed by atoms with Gasteiger partial charge in [0.2, 0.25) is 0 Å². The van der Waals surface area contributed by atoms with Gasteiger partial charge in [-0.2, -0.15) is 0 Å². The third kappa shape index (κ3) is 5.83. The van der Waals surface area contributed by atoms with Gasteiger partial charge in [-0.25, -0.2) is 14.6 Å². The third-order valence-electron chi connectivity index (χ3n) is 7.64. The molecule has 0 aliphatic carbocycles. The molecule has 1 atom stereocenters. The summed E-state index contributed by atoms with van der Waals surface area (Å²) in [4.78, 5) is 44.8. The number of allylic oxidation sites excluding steroid dienone is 1. The van der Waals surface area contributed by atoms with Crippen molar-refractivity contribution in [3.05, 3.63) is 108 Å². The normalized spacial score (nSPS) is 14.6. The molecule has 0 bridgehead atoms. The molecule has 5 rings (SSSR count). The van der Waals surface area contributed by atoms with E-state index in [1.165, 1.54) is 23.0 Å². The van der Waals surface area contributed by atoms with Gasteiger partial charge in [-0.05, 0) is 94.8 Å². The summed E-state index contributed by atoms with van der Waals surface area (Å²) >= 11 is 1.25. The lowest BCUT2D eigenvalue weighted by Gasteiger charge is -2.26. The Labute approximate surface area is 264 Å². The predicted molar refractivity (Wildman–Crippen MR) is 171 cm³/mol. The number of thiazole rings is 1. The Hall–Kier alpha value is -4.90. The molecule has 1 unspecified atom stereocenters. The predicted octanol–water partition coefficient (Wildman–Crippen LogP) is 4.40. The van der Waals surface area contributed by atoms with Crippen molar-refractivity contribution in [2.45, 2.75) is 40.7 Å². The van der Waals surface area contributed by atoms with Gasteiger partial charge in [-0.15, -0.1) is 0 Å². The molecule has 0 saturated carbocycles. The molecule has 45 heavy (non-hydrogen) atoms. The molecule has 0 spiro atoms. The molecule has 0 radical (unpaired) electrons. The number of rotatable bonds is 9. The quantitative estimate of drug-likeness (QED) is 0.253. The highest BCUT2D eigenvalue weighted by molar-refractivity contribution is 7.07. The van der Waals surface area contributed by atoms with Crippen LogP contribution in [0.5, 0.6) is 11.5 Å². The van der Waals surface area contributed by atoms with Crippen molar-refractivity contribution < 1.29 is 28.5 Å². The fraction of sp³-hybridized carbons (Fsp3) is 0.294. The number of aryl methyl sites for hydroxylation is 1. The summed E-state index contributed by atoms with van der Waals surface area (Å²) < 4.78 is 25.7. The van der Waals surface area contributed by atoms with Crippen molar-refractivity contribution in [1.82, 2.24) is 9.13 Å². The van der Waals surface area contributed by atoms with E-state index in [9.17, 15) is 14.4 Å². The Kier molecular flexibility index (Phi) is 9.10. The molecule has 0 N–H and O–H groups in total. The Morgan fingerprint density at radius 2 is 1.62 bits per heavy atom. The Bertz CT molecular complexity index is 2000. The highest BCUT2D eigenvalue weighted by Gasteiger charge is 2.35. The number of methoxy groups -OCH3 is 2. The number of esters is 2. The SMILES string of the molecule is CCOC(=O)C1=C(C)N=c2sc(=Cc3cc(C)n(-c4ccc(C(=O)OCC)cc4)c3C)c(=O)n2C1c1cc(OC)ccc1OC. The van der Waals surface area contributed by atoms with E-state index in [4.69, 9.17) is 18.9 Å². The van der Waals surface area contributed by atoms with Crippen LogP contribution in [0.25, 0.3) is 11.8 Å². The number of hydrogen-bond donors (Lipinski definition) is 0. The minimum atomic E-state index is -0.849. The molecule has 4 aromatic rings. The molecule has 0 fully saturated rings. The number of nitrogens with zero attached hydrogens (tertiary/aromatic N) is 3. The van der Waals surface area contributed by atoms with Gasteiger partial charge in [0.25, 0.3) is 5.56 Å². The molecule has 3 heterocycles. The monoisotopic (exact) mass is 629 g/mol. The molecular weight excluding hydrogens is 594 g/mol. The maximum atomic E-state index is 14.2. The lowest BCUT2D eigenvalue weighted by Crippen LogP contribution is -2.40. The first-order valence-corrected chi connectivity index (χ1v) is 15.3. The average molecular weight is 630 g/mol. The minimum Gasteiger partial charge on any atom is -0.497 e. The average Bonchev–Trinajstić information content (AvgIpc) is 3.49. The van der Waals surface area contributed by atoms with Gasteiger partial charge in [-0.1, -0.05) is 11.3 Å². The molecular formula is C34H35N3O7S. The zero-order chi connectivity index (χ0) is 32.4. The maximum Gasteiger partial charge on any atom is 0.338 e. The van der Waals surface area contributed by atoms with Crippen molar-refractivity contribution in [2.75, 3.05) is 27.4 Å². The van der Waals surface area contributed by atoms with Gasteiger partial charge in [0.15, 0.2) is 4.80 Å². The zero-order valence-electron chi connectivity index (χ0n) is 26.3. The second-order valence-electron chi connectivity index (χ2n) is 10.3. The van der Waals surface area contributed by atoms with E-state index < -0.39 is 12.0 Å². The number of benzene rings is 2. The van der Waals surface area contributed by atoms with Gasteiger partial charge in [0, 0.05) is 22.6 Å². The van der Waals surface area contributed by atoms with Crippen molar-refractivity contribution in [3.63, 3.8) is 0 Å². The number of aromatic nitrogens is 2.